The van der Waals surface area contributed by atoms with E-state index in [1.165, 1.54) is 36.8 Å². The average Bonchev–Trinajstić information content (AvgIpc) is 2.59. The number of methoxy groups -OCH3 is 1. The zero-order valence-electron chi connectivity index (χ0n) is 13.5. The van der Waals surface area contributed by atoms with Crippen LogP contribution in [0.2, 0.25) is 0 Å². The van der Waals surface area contributed by atoms with Crippen molar-refractivity contribution in [3.8, 4) is 5.75 Å². The second-order valence-corrected chi connectivity index (χ2v) is 5.79. The van der Waals surface area contributed by atoms with Gasteiger partial charge < -0.3 is 10.5 Å². The molecule has 2 nitrogen and oxygen atoms in total. The monoisotopic (exact) mass is 297 g/mol. The van der Waals surface area contributed by atoms with Gasteiger partial charge in [-0.2, -0.15) is 0 Å². The maximum absolute atomic E-state index is 5.96. The molecule has 0 saturated carbocycles. The summed E-state index contributed by atoms with van der Waals surface area (Å²) in [6.07, 6.45) is 6.06. The second-order valence-electron chi connectivity index (χ2n) is 5.79. The highest BCUT2D eigenvalue weighted by Gasteiger charge is 2.10. The zero-order valence-corrected chi connectivity index (χ0v) is 13.5. The lowest BCUT2D eigenvalue weighted by molar-refractivity contribution is 0.413. The Kier molecular flexibility index (Phi) is 6.98. The number of aryl methyl sites for hydroxylation is 1. The van der Waals surface area contributed by atoms with Gasteiger partial charge in [0.15, 0.2) is 0 Å². The second kappa shape index (κ2) is 9.26. The molecule has 0 spiro atoms. The first kappa shape index (κ1) is 16.6. The standard InChI is InChI=1S/C20H27NO/c1-22-20-14-8-13-18(15-20)19(16-21)12-7-3-6-11-17-9-4-2-5-10-17/h2,4-5,8-10,13-15,19H,3,6-7,11-12,16,21H2,1H3. The molecule has 0 heterocycles. The summed E-state index contributed by atoms with van der Waals surface area (Å²) in [7, 11) is 1.71. The van der Waals surface area contributed by atoms with E-state index in [0.29, 0.717) is 12.5 Å². The van der Waals surface area contributed by atoms with Gasteiger partial charge in [-0.15, -0.1) is 0 Å². The van der Waals surface area contributed by atoms with Crippen LogP contribution in [0.25, 0.3) is 0 Å². The van der Waals surface area contributed by atoms with Crippen LogP contribution in [0, 0.1) is 0 Å². The van der Waals surface area contributed by atoms with Crippen molar-refractivity contribution >= 4 is 0 Å². The molecule has 22 heavy (non-hydrogen) atoms. The first-order valence-electron chi connectivity index (χ1n) is 8.21. The van der Waals surface area contributed by atoms with Gasteiger partial charge in [0, 0.05) is 0 Å². The van der Waals surface area contributed by atoms with Crippen LogP contribution < -0.4 is 10.5 Å². The highest BCUT2D eigenvalue weighted by molar-refractivity contribution is 5.31. The number of hydrogen-bond donors (Lipinski definition) is 1. The van der Waals surface area contributed by atoms with E-state index in [0.717, 1.165) is 12.2 Å². The van der Waals surface area contributed by atoms with Crippen LogP contribution >= 0.6 is 0 Å². The van der Waals surface area contributed by atoms with E-state index in [9.17, 15) is 0 Å². The van der Waals surface area contributed by atoms with Gasteiger partial charge in [-0.1, -0.05) is 55.3 Å². The molecule has 2 aromatic carbocycles. The topological polar surface area (TPSA) is 35.2 Å². The molecule has 0 bridgehead atoms. The summed E-state index contributed by atoms with van der Waals surface area (Å²) in [5.74, 6) is 1.35. The molecule has 2 rings (SSSR count). The fourth-order valence-corrected chi connectivity index (χ4v) is 2.86. The fourth-order valence-electron chi connectivity index (χ4n) is 2.86. The van der Waals surface area contributed by atoms with Gasteiger partial charge in [0.2, 0.25) is 0 Å². The highest BCUT2D eigenvalue weighted by atomic mass is 16.5. The normalized spacial score (nSPS) is 12.1. The SMILES string of the molecule is COc1cccc(C(CN)CCCCCc2ccccc2)c1. The number of unbranched alkanes of at least 4 members (excludes halogenated alkanes) is 2. The van der Waals surface area contributed by atoms with E-state index in [1.807, 2.05) is 12.1 Å². The van der Waals surface area contributed by atoms with E-state index < -0.39 is 0 Å². The van der Waals surface area contributed by atoms with Crippen LogP contribution in [0.5, 0.6) is 5.75 Å². The molecular weight excluding hydrogens is 270 g/mol. The Morgan fingerprint density at radius 2 is 1.77 bits per heavy atom. The largest absolute Gasteiger partial charge is 0.497 e. The molecule has 0 saturated heterocycles. The van der Waals surface area contributed by atoms with E-state index in [1.54, 1.807) is 7.11 Å². The average molecular weight is 297 g/mol. The third-order valence-electron chi connectivity index (χ3n) is 4.21. The highest BCUT2D eigenvalue weighted by Crippen LogP contribution is 2.25. The number of hydrogen-bond acceptors (Lipinski definition) is 2. The van der Waals surface area contributed by atoms with Crippen molar-refractivity contribution < 1.29 is 4.74 Å². The molecule has 0 aliphatic heterocycles. The summed E-state index contributed by atoms with van der Waals surface area (Å²) >= 11 is 0. The van der Waals surface area contributed by atoms with Crippen molar-refractivity contribution in [1.29, 1.82) is 0 Å². The van der Waals surface area contributed by atoms with E-state index in [4.69, 9.17) is 10.5 Å². The van der Waals surface area contributed by atoms with Crippen LogP contribution in [0.1, 0.15) is 42.7 Å². The van der Waals surface area contributed by atoms with Crippen LogP contribution in [-0.2, 0) is 6.42 Å². The molecule has 0 aliphatic carbocycles. The van der Waals surface area contributed by atoms with Crippen LogP contribution in [0.15, 0.2) is 54.6 Å². The Morgan fingerprint density at radius 3 is 2.50 bits per heavy atom. The molecule has 0 fully saturated rings. The lowest BCUT2D eigenvalue weighted by Crippen LogP contribution is -2.12. The summed E-state index contributed by atoms with van der Waals surface area (Å²) < 4.78 is 5.30. The Bertz CT molecular complexity index is 538. The van der Waals surface area contributed by atoms with Crippen molar-refractivity contribution in [2.45, 2.75) is 38.0 Å². The van der Waals surface area contributed by atoms with Crippen LogP contribution in [0.4, 0.5) is 0 Å². The van der Waals surface area contributed by atoms with Crippen molar-refractivity contribution in [2.24, 2.45) is 5.73 Å². The molecule has 2 heteroatoms. The maximum atomic E-state index is 5.96. The van der Waals surface area contributed by atoms with Crippen LogP contribution in [-0.4, -0.2) is 13.7 Å². The number of benzene rings is 2. The Balaban J connectivity index is 1.74. The van der Waals surface area contributed by atoms with Gasteiger partial charge in [-0.05, 0) is 55.0 Å². The van der Waals surface area contributed by atoms with Gasteiger partial charge >= 0.3 is 0 Å². The fraction of sp³-hybridized carbons (Fsp3) is 0.400. The Hall–Kier alpha value is -1.80. The first-order chi connectivity index (χ1) is 10.8. The summed E-state index contributed by atoms with van der Waals surface area (Å²) in [5, 5.41) is 0. The molecule has 0 amide bonds. The van der Waals surface area contributed by atoms with Gasteiger partial charge in [0.1, 0.15) is 5.75 Å². The van der Waals surface area contributed by atoms with E-state index >= 15 is 0 Å². The lowest BCUT2D eigenvalue weighted by atomic mass is 9.92. The minimum atomic E-state index is 0.437. The van der Waals surface area contributed by atoms with Gasteiger partial charge in [0.05, 0.1) is 7.11 Å². The third-order valence-corrected chi connectivity index (χ3v) is 4.21. The number of rotatable bonds is 9. The predicted octanol–water partition coefficient (Wildman–Crippen LogP) is 4.54. The van der Waals surface area contributed by atoms with Crippen molar-refractivity contribution in [3.63, 3.8) is 0 Å². The number of nitrogens with two attached hydrogens (primary N) is 1. The van der Waals surface area contributed by atoms with Gasteiger partial charge in [0.25, 0.3) is 0 Å². The minimum absolute atomic E-state index is 0.437. The molecule has 1 unspecified atom stereocenters. The van der Waals surface area contributed by atoms with Crippen molar-refractivity contribution in [2.75, 3.05) is 13.7 Å². The number of ether oxygens (including phenoxy) is 1. The van der Waals surface area contributed by atoms with Crippen LogP contribution in [0.3, 0.4) is 0 Å². The summed E-state index contributed by atoms with van der Waals surface area (Å²) in [4.78, 5) is 0. The Morgan fingerprint density at radius 1 is 0.955 bits per heavy atom. The van der Waals surface area contributed by atoms with E-state index in [2.05, 4.69) is 42.5 Å². The summed E-state index contributed by atoms with van der Waals surface area (Å²) in [6, 6.07) is 19.0. The smallest absolute Gasteiger partial charge is 0.119 e. The predicted molar refractivity (Wildman–Crippen MR) is 93.4 cm³/mol. The molecule has 0 aromatic heterocycles. The summed E-state index contributed by atoms with van der Waals surface area (Å²) in [6.45, 7) is 0.700. The zero-order chi connectivity index (χ0) is 15.6. The van der Waals surface area contributed by atoms with Crippen molar-refractivity contribution in [3.05, 3.63) is 65.7 Å². The molecule has 2 aromatic rings. The Labute approximate surface area is 134 Å². The molecular formula is C20H27NO. The quantitative estimate of drug-likeness (QED) is 0.690. The van der Waals surface area contributed by atoms with Crippen molar-refractivity contribution in [1.82, 2.24) is 0 Å². The maximum Gasteiger partial charge on any atom is 0.119 e. The molecule has 0 radical (unpaired) electrons. The lowest BCUT2D eigenvalue weighted by Gasteiger charge is -2.16. The molecule has 2 N–H and O–H groups in total. The molecule has 1 atom stereocenters. The van der Waals surface area contributed by atoms with Gasteiger partial charge in [-0.25, -0.2) is 0 Å². The third kappa shape index (κ3) is 5.19. The molecule has 0 aliphatic rings. The first-order valence-corrected chi connectivity index (χ1v) is 8.21. The molecule has 118 valence electrons. The van der Waals surface area contributed by atoms with Gasteiger partial charge in [-0.3, -0.25) is 0 Å². The summed E-state index contributed by atoms with van der Waals surface area (Å²) in [5.41, 5.74) is 8.69. The minimum Gasteiger partial charge on any atom is -0.497 e. The van der Waals surface area contributed by atoms with E-state index in [-0.39, 0.29) is 0 Å².